The molecule has 0 bridgehead atoms. The van der Waals surface area contributed by atoms with Crippen LogP contribution >= 0.6 is 0 Å². The SMILES string of the molecule is COc1ccc(N2CC[NH+](CC(=O)N[C@@H](C)C(C)C)CC2)cc1. The number of carbonyl (C=O) groups is 1. The number of hydrogen-bond acceptors (Lipinski definition) is 3. The molecule has 1 aliphatic heterocycles. The van der Waals surface area contributed by atoms with E-state index in [-0.39, 0.29) is 11.9 Å². The summed E-state index contributed by atoms with van der Waals surface area (Å²) in [5.74, 6) is 1.52. The van der Waals surface area contributed by atoms with Gasteiger partial charge in [0.1, 0.15) is 5.75 Å². The summed E-state index contributed by atoms with van der Waals surface area (Å²) < 4.78 is 5.20. The number of nitrogens with one attached hydrogen (secondary N) is 2. The Hall–Kier alpha value is -1.75. The van der Waals surface area contributed by atoms with Crippen molar-refractivity contribution in [1.29, 1.82) is 0 Å². The van der Waals surface area contributed by atoms with Gasteiger partial charge in [-0.3, -0.25) is 4.79 Å². The van der Waals surface area contributed by atoms with Crippen LogP contribution in [0.4, 0.5) is 5.69 Å². The molecule has 0 spiro atoms. The summed E-state index contributed by atoms with van der Waals surface area (Å²) in [5, 5.41) is 3.09. The molecule has 1 atom stereocenters. The highest BCUT2D eigenvalue weighted by Crippen LogP contribution is 2.18. The maximum absolute atomic E-state index is 12.1. The van der Waals surface area contributed by atoms with Gasteiger partial charge < -0.3 is 19.9 Å². The number of ether oxygens (including phenoxy) is 1. The molecular formula is C18H30N3O2+. The third kappa shape index (κ3) is 5.13. The lowest BCUT2D eigenvalue weighted by Gasteiger charge is -2.33. The Kier molecular flexibility index (Phi) is 6.28. The Morgan fingerprint density at radius 3 is 2.35 bits per heavy atom. The number of quaternary nitrogens is 1. The lowest BCUT2D eigenvalue weighted by atomic mass is 10.1. The van der Waals surface area contributed by atoms with Crippen LogP contribution in [0.1, 0.15) is 20.8 Å². The molecule has 1 fully saturated rings. The van der Waals surface area contributed by atoms with Crippen LogP contribution < -0.4 is 19.9 Å². The average Bonchev–Trinajstić information content (AvgIpc) is 2.55. The molecule has 128 valence electrons. The van der Waals surface area contributed by atoms with Crippen LogP contribution in [0, 0.1) is 5.92 Å². The molecule has 2 N–H and O–H groups in total. The van der Waals surface area contributed by atoms with E-state index in [0.717, 1.165) is 31.9 Å². The Morgan fingerprint density at radius 2 is 1.83 bits per heavy atom. The van der Waals surface area contributed by atoms with Crippen molar-refractivity contribution in [2.24, 2.45) is 5.92 Å². The monoisotopic (exact) mass is 320 g/mol. The number of carbonyl (C=O) groups excluding carboxylic acids is 1. The zero-order valence-corrected chi connectivity index (χ0v) is 14.8. The zero-order valence-electron chi connectivity index (χ0n) is 14.8. The van der Waals surface area contributed by atoms with Crippen LogP contribution in [-0.2, 0) is 4.79 Å². The molecule has 2 rings (SSSR count). The van der Waals surface area contributed by atoms with E-state index in [1.165, 1.54) is 10.6 Å². The van der Waals surface area contributed by atoms with Crippen molar-refractivity contribution in [1.82, 2.24) is 5.32 Å². The molecule has 0 radical (unpaired) electrons. The van der Waals surface area contributed by atoms with Crippen LogP contribution in [0.25, 0.3) is 0 Å². The normalized spacial score (nSPS) is 17.2. The highest BCUT2D eigenvalue weighted by Gasteiger charge is 2.23. The fourth-order valence-corrected chi connectivity index (χ4v) is 2.75. The van der Waals surface area contributed by atoms with E-state index in [2.05, 4.69) is 43.1 Å². The molecule has 1 aromatic rings. The smallest absolute Gasteiger partial charge is 0.275 e. The van der Waals surface area contributed by atoms with Gasteiger partial charge >= 0.3 is 0 Å². The summed E-state index contributed by atoms with van der Waals surface area (Å²) in [4.78, 5) is 15.8. The number of methoxy groups -OCH3 is 1. The molecule has 5 nitrogen and oxygen atoms in total. The predicted octanol–water partition coefficient (Wildman–Crippen LogP) is 0.561. The number of hydrogen-bond donors (Lipinski definition) is 2. The first-order valence-corrected chi connectivity index (χ1v) is 8.51. The molecule has 1 heterocycles. The lowest BCUT2D eigenvalue weighted by Crippen LogP contribution is -3.16. The average molecular weight is 320 g/mol. The van der Waals surface area contributed by atoms with Gasteiger partial charge in [0.05, 0.1) is 33.3 Å². The van der Waals surface area contributed by atoms with Gasteiger partial charge in [-0.2, -0.15) is 0 Å². The maximum atomic E-state index is 12.1. The van der Waals surface area contributed by atoms with E-state index in [1.54, 1.807) is 7.11 Å². The third-order valence-electron chi connectivity index (χ3n) is 4.71. The number of rotatable bonds is 6. The van der Waals surface area contributed by atoms with Crippen LogP contribution in [-0.4, -0.2) is 51.8 Å². The Labute approximate surface area is 139 Å². The first-order chi connectivity index (χ1) is 11.0. The minimum Gasteiger partial charge on any atom is -0.497 e. The molecule has 5 heteroatoms. The highest BCUT2D eigenvalue weighted by molar-refractivity contribution is 5.77. The molecule has 1 amide bonds. The maximum Gasteiger partial charge on any atom is 0.275 e. The van der Waals surface area contributed by atoms with E-state index in [4.69, 9.17) is 4.74 Å². The summed E-state index contributed by atoms with van der Waals surface area (Å²) in [6, 6.07) is 8.43. The van der Waals surface area contributed by atoms with Crippen LogP contribution in [0.3, 0.4) is 0 Å². The summed E-state index contributed by atoms with van der Waals surface area (Å²) in [5.41, 5.74) is 1.22. The van der Waals surface area contributed by atoms with Gasteiger partial charge in [-0.15, -0.1) is 0 Å². The molecular weight excluding hydrogens is 290 g/mol. The topological polar surface area (TPSA) is 46.0 Å². The van der Waals surface area contributed by atoms with Crippen LogP contribution in [0.15, 0.2) is 24.3 Å². The van der Waals surface area contributed by atoms with E-state index in [9.17, 15) is 4.79 Å². The van der Waals surface area contributed by atoms with Gasteiger partial charge in [-0.25, -0.2) is 0 Å². The molecule has 0 aliphatic carbocycles. The quantitative estimate of drug-likeness (QED) is 0.805. The minimum atomic E-state index is 0.166. The Balaban J connectivity index is 1.78. The fourth-order valence-electron chi connectivity index (χ4n) is 2.75. The molecule has 0 aromatic heterocycles. The van der Waals surface area contributed by atoms with Crippen LogP contribution in [0.2, 0.25) is 0 Å². The molecule has 0 saturated carbocycles. The second kappa shape index (κ2) is 8.20. The number of anilines is 1. The van der Waals surface area contributed by atoms with Gasteiger partial charge in [0.25, 0.3) is 5.91 Å². The molecule has 1 aliphatic rings. The van der Waals surface area contributed by atoms with Gasteiger partial charge in [-0.05, 0) is 37.1 Å². The fraction of sp³-hybridized carbons (Fsp3) is 0.611. The number of piperazine rings is 1. The molecule has 0 unspecified atom stereocenters. The first kappa shape index (κ1) is 17.6. The van der Waals surface area contributed by atoms with Crippen LogP contribution in [0.5, 0.6) is 5.75 Å². The Morgan fingerprint density at radius 1 is 1.22 bits per heavy atom. The Bertz CT molecular complexity index is 493. The highest BCUT2D eigenvalue weighted by atomic mass is 16.5. The lowest BCUT2D eigenvalue weighted by molar-refractivity contribution is -0.892. The van der Waals surface area contributed by atoms with Crippen molar-refractivity contribution < 1.29 is 14.4 Å². The predicted molar refractivity (Wildman–Crippen MR) is 93.2 cm³/mol. The zero-order chi connectivity index (χ0) is 16.8. The number of nitrogens with zero attached hydrogens (tertiary/aromatic N) is 1. The van der Waals surface area contributed by atoms with Gasteiger partial charge in [0.15, 0.2) is 6.54 Å². The molecule has 1 saturated heterocycles. The first-order valence-electron chi connectivity index (χ1n) is 8.51. The van der Waals surface area contributed by atoms with Crippen molar-refractivity contribution in [2.75, 3.05) is 44.7 Å². The van der Waals surface area contributed by atoms with Crippen molar-refractivity contribution in [3.05, 3.63) is 24.3 Å². The summed E-state index contributed by atoms with van der Waals surface area (Å²) >= 11 is 0. The van der Waals surface area contributed by atoms with Gasteiger partial charge in [0.2, 0.25) is 0 Å². The molecule has 23 heavy (non-hydrogen) atoms. The number of benzene rings is 1. The summed E-state index contributed by atoms with van der Waals surface area (Å²) in [7, 11) is 1.68. The second-order valence-electron chi connectivity index (χ2n) is 6.71. The third-order valence-corrected chi connectivity index (χ3v) is 4.71. The van der Waals surface area contributed by atoms with E-state index < -0.39 is 0 Å². The second-order valence-corrected chi connectivity index (χ2v) is 6.71. The van der Waals surface area contributed by atoms with E-state index in [1.807, 2.05) is 12.1 Å². The van der Waals surface area contributed by atoms with E-state index in [0.29, 0.717) is 12.5 Å². The van der Waals surface area contributed by atoms with Gasteiger partial charge in [-0.1, -0.05) is 13.8 Å². The van der Waals surface area contributed by atoms with E-state index >= 15 is 0 Å². The summed E-state index contributed by atoms with van der Waals surface area (Å²) in [6.45, 7) is 10.9. The van der Waals surface area contributed by atoms with Crippen molar-refractivity contribution in [3.63, 3.8) is 0 Å². The standard InChI is InChI=1S/C18H29N3O2/c1-14(2)15(3)19-18(22)13-20-9-11-21(12-10-20)16-5-7-17(23-4)8-6-16/h5-8,14-15H,9-13H2,1-4H3,(H,19,22)/p+1/t15-/m0/s1. The van der Waals surface area contributed by atoms with Crippen molar-refractivity contribution in [3.8, 4) is 5.75 Å². The number of amides is 1. The van der Waals surface area contributed by atoms with Crippen molar-refractivity contribution >= 4 is 11.6 Å². The van der Waals surface area contributed by atoms with Gasteiger partial charge in [0, 0.05) is 11.7 Å². The largest absolute Gasteiger partial charge is 0.497 e. The van der Waals surface area contributed by atoms with Crippen molar-refractivity contribution in [2.45, 2.75) is 26.8 Å². The molecule has 1 aromatic carbocycles. The minimum absolute atomic E-state index is 0.166. The summed E-state index contributed by atoms with van der Waals surface area (Å²) in [6.07, 6.45) is 0.